The molecule has 1 atom stereocenters. The molecule has 0 amide bonds. The van der Waals surface area contributed by atoms with Gasteiger partial charge in [-0.25, -0.2) is 14.4 Å². The van der Waals surface area contributed by atoms with Crippen molar-refractivity contribution in [2.24, 2.45) is 0 Å². The lowest BCUT2D eigenvalue weighted by Crippen LogP contribution is -2.23. The van der Waals surface area contributed by atoms with Crippen LogP contribution in [0.25, 0.3) is 0 Å². The molecule has 0 saturated carbocycles. The molecule has 1 aromatic heterocycles. The van der Waals surface area contributed by atoms with Crippen molar-refractivity contribution in [1.82, 2.24) is 9.97 Å². The highest BCUT2D eigenvalue weighted by Crippen LogP contribution is 2.26. The summed E-state index contributed by atoms with van der Waals surface area (Å²) in [4.78, 5) is 8.92. The average Bonchev–Trinajstić information content (AvgIpc) is 2.61. The summed E-state index contributed by atoms with van der Waals surface area (Å²) in [6.07, 6.45) is 2.69. The van der Waals surface area contributed by atoms with Gasteiger partial charge >= 0.3 is 0 Å². The van der Waals surface area contributed by atoms with E-state index in [9.17, 15) is 9.50 Å². The Labute approximate surface area is 156 Å². The van der Waals surface area contributed by atoms with Crippen molar-refractivity contribution < 1.29 is 9.50 Å². The lowest BCUT2D eigenvalue weighted by atomic mass is 10.1. The van der Waals surface area contributed by atoms with Crippen molar-refractivity contribution >= 4 is 35.3 Å². The van der Waals surface area contributed by atoms with E-state index in [0.29, 0.717) is 33.7 Å². The molecular weight excluding hydrogens is 359 g/mol. The molecule has 0 aliphatic carbocycles. The summed E-state index contributed by atoms with van der Waals surface area (Å²) in [6.45, 7) is 3.78. The molecule has 3 N–H and O–H groups in total. The molecule has 136 valence electrons. The molecule has 0 aliphatic rings. The second kappa shape index (κ2) is 9.84. The van der Waals surface area contributed by atoms with E-state index in [4.69, 9.17) is 0 Å². The van der Waals surface area contributed by atoms with E-state index in [-0.39, 0.29) is 18.5 Å². The van der Waals surface area contributed by atoms with E-state index in [0.717, 1.165) is 6.42 Å². The average molecular weight is 383 g/mol. The second-order valence-electron chi connectivity index (χ2n) is 5.50. The third-order valence-electron chi connectivity index (χ3n) is 3.61. The Morgan fingerprint density at radius 1 is 1.28 bits per heavy atom. The fourth-order valence-electron chi connectivity index (χ4n) is 2.17. The highest BCUT2D eigenvalue weighted by atomic mass is 32.2. The molecule has 8 heteroatoms. The maximum Gasteiger partial charge on any atom is 0.191 e. The van der Waals surface area contributed by atoms with Crippen LogP contribution in [-0.2, 0) is 5.75 Å². The molecule has 1 heterocycles. The van der Waals surface area contributed by atoms with E-state index in [1.165, 1.54) is 23.7 Å². The van der Waals surface area contributed by atoms with Crippen LogP contribution in [0.2, 0.25) is 0 Å². The molecule has 0 fully saturated rings. The van der Waals surface area contributed by atoms with Gasteiger partial charge in [-0.1, -0.05) is 48.8 Å². The second-order valence-corrected chi connectivity index (χ2v) is 7.05. The standard InChI is InChI=1S/C17H23FN4OS2/c1-4-13(9-23)19-14-8-15(22-24-3)21-17(20-14)25-10-12-7-5-6-11(2)16(12)18/h5-8,13,23H,4,9-10H2,1-3H3,(H2,19,20,21,22)/t13-/m1/s1. The van der Waals surface area contributed by atoms with E-state index in [1.54, 1.807) is 25.1 Å². The van der Waals surface area contributed by atoms with Crippen LogP contribution < -0.4 is 10.0 Å². The monoisotopic (exact) mass is 382 g/mol. The first-order valence-corrected chi connectivity index (χ1v) is 10.2. The highest BCUT2D eigenvalue weighted by molar-refractivity contribution is 7.99. The number of anilines is 2. The first-order valence-electron chi connectivity index (χ1n) is 7.99. The van der Waals surface area contributed by atoms with Crippen molar-refractivity contribution in [3.05, 3.63) is 41.2 Å². The van der Waals surface area contributed by atoms with Gasteiger partial charge in [-0.2, -0.15) is 0 Å². The van der Waals surface area contributed by atoms with Gasteiger partial charge in [0.25, 0.3) is 0 Å². The topological polar surface area (TPSA) is 70.1 Å². The molecule has 0 bridgehead atoms. The molecule has 2 aromatic rings. The molecule has 0 radical (unpaired) electrons. The minimum Gasteiger partial charge on any atom is -0.394 e. The number of aryl methyl sites for hydroxylation is 1. The molecule has 1 aromatic carbocycles. The largest absolute Gasteiger partial charge is 0.394 e. The lowest BCUT2D eigenvalue weighted by Gasteiger charge is -2.16. The van der Waals surface area contributed by atoms with Gasteiger partial charge in [0, 0.05) is 18.1 Å². The zero-order valence-electron chi connectivity index (χ0n) is 14.5. The van der Waals surface area contributed by atoms with Gasteiger partial charge in [0.05, 0.1) is 12.6 Å². The number of aliphatic hydroxyl groups excluding tert-OH is 1. The Bertz CT molecular complexity index is 698. The molecule has 2 rings (SSSR count). The summed E-state index contributed by atoms with van der Waals surface area (Å²) in [5.41, 5.74) is 1.26. The van der Waals surface area contributed by atoms with Crippen LogP contribution in [0.15, 0.2) is 29.4 Å². The van der Waals surface area contributed by atoms with Crippen molar-refractivity contribution in [2.45, 2.75) is 37.2 Å². The number of rotatable bonds is 9. The number of nitrogens with one attached hydrogen (secondary N) is 2. The van der Waals surface area contributed by atoms with Crippen LogP contribution in [0.3, 0.4) is 0 Å². The minimum absolute atomic E-state index is 0.0305. The van der Waals surface area contributed by atoms with Crippen LogP contribution in [-0.4, -0.2) is 34.0 Å². The normalized spacial score (nSPS) is 12.0. The van der Waals surface area contributed by atoms with E-state index in [1.807, 2.05) is 19.2 Å². The highest BCUT2D eigenvalue weighted by Gasteiger charge is 2.11. The zero-order valence-corrected chi connectivity index (χ0v) is 16.2. The van der Waals surface area contributed by atoms with Crippen LogP contribution in [0.5, 0.6) is 0 Å². The summed E-state index contributed by atoms with van der Waals surface area (Å²) in [6, 6.07) is 7.11. The van der Waals surface area contributed by atoms with E-state index < -0.39 is 0 Å². The number of hydrogen-bond donors (Lipinski definition) is 3. The molecule has 25 heavy (non-hydrogen) atoms. The number of halogens is 1. The molecule has 5 nitrogen and oxygen atoms in total. The minimum atomic E-state index is -0.182. The smallest absolute Gasteiger partial charge is 0.191 e. The van der Waals surface area contributed by atoms with Crippen molar-refractivity contribution in [3.8, 4) is 0 Å². The Morgan fingerprint density at radius 3 is 2.72 bits per heavy atom. The number of aliphatic hydroxyl groups is 1. The summed E-state index contributed by atoms with van der Waals surface area (Å²) in [7, 11) is 0. The molecule has 0 saturated heterocycles. The molecule has 0 unspecified atom stereocenters. The van der Waals surface area contributed by atoms with Gasteiger partial charge < -0.3 is 15.1 Å². The third kappa shape index (κ3) is 5.76. The summed E-state index contributed by atoms with van der Waals surface area (Å²) in [5, 5.41) is 13.1. The zero-order chi connectivity index (χ0) is 18.2. The van der Waals surface area contributed by atoms with Crippen molar-refractivity contribution in [1.29, 1.82) is 0 Å². The predicted octanol–water partition coefficient (Wildman–Crippen LogP) is 4.09. The van der Waals surface area contributed by atoms with Gasteiger partial charge in [-0.05, 0) is 24.5 Å². The maximum atomic E-state index is 14.1. The van der Waals surface area contributed by atoms with Crippen LogP contribution >= 0.6 is 23.7 Å². The maximum absolute atomic E-state index is 14.1. The Kier molecular flexibility index (Phi) is 7.80. The summed E-state index contributed by atoms with van der Waals surface area (Å²) < 4.78 is 17.2. The number of benzene rings is 1. The number of thioether (sulfide) groups is 1. The predicted molar refractivity (Wildman–Crippen MR) is 105 cm³/mol. The molecule has 0 spiro atoms. The fourth-order valence-corrected chi connectivity index (χ4v) is 3.32. The Balaban J connectivity index is 2.17. The SMILES string of the molecule is CC[C@H](CO)Nc1cc(NSC)nc(SCc2cccc(C)c2F)n1. The first kappa shape index (κ1) is 19.8. The van der Waals surface area contributed by atoms with Gasteiger partial charge in [-0.3, -0.25) is 0 Å². The lowest BCUT2D eigenvalue weighted by molar-refractivity contribution is 0.271. The van der Waals surface area contributed by atoms with Crippen molar-refractivity contribution in [3.63, 3.8) is 0 Å². The van der Waals surface area contributed by atoms with Crippen LogP contribution in [0.4, 0.5) is 16.0 Å². The summed E-state index contributed by atoms with van der Waals surface area (Å²) in [5.74, 6) is 1.58. The Hall–Kier alpha value is -1.51. The van der Waals surface area contributed by atoms with Crippen LogP contribution in [0, 0.1) is 12.7 Å². The first-order chi connectivity index (χ1) is 12.1. The fraction of sp³-hybridized carbons (Fsp3) is 0.412. The Morgan fingerprint density at radius 2 is 2.04 bits per heavy atom. The van der Waals surface area contributed by atoms with Crippen LogP contribution in [0.1, 0.15) is 24.5 Å². The number of aromatic nitrogens is 2. The number of nitrogens with zero attached hydrogens (tertiary/aromatic N) is 2. The quantitative estimate of drug-likeness (QED) is 0.343. The van der Waals surface area contributed by atoms with E-state index in [2.05, 4.69) is 20.0 Å². The van der Waals surface area contributed by atoms with Crippen molar-refractivity contribution in [2.75, 3.05) is 22.9 Å². The summed E-state index contributed by atoms with van der Waals surface area (Å²) >= 11 is 2.81. The van der Waals surface area contributed by atoms with Gasteiger partial charge in [0.1, 0.15) is 17.5 Å². The number of hydrogen-bond acceptors (Lipinski definition) is 7. The van der Waals surface area contributed by atoms with E-state index >= 15 is 0 Å². The molecule has 0 aliphatic heterocycles. The van der Waals surface area contributed by atoms with Gasteiger partial charge in [-0.15, -0.1) is 0 Å². The van der Waals surface area contributed by atoms with Gasteiger partial charge in [0.15, 0.2) is 5.16 Å². The third-order valence-corrected chi connectivity index (χ3v) is 4.92. The van der Waals surface area contributed by atoms with Gasteiger partial charge in [0.2, 0.25) is 0 Å². The molecular formula is C17H23FN4OS2.